The Labute approximate surface area is 168 Å². The molecule has 7 heteroatoms. The van der Waals surface area contributed by atoms with Crippen molar-refractivity contribution < 1.29 is 19.1 Å². The fraction of sp³-hybridized carbons (Fsp3) is 0.524. The van der Waals surface area contributed by atoms with E-state index in [4.69, 9.17) is 15.3 Å². The lowest BCUT2D eigenvalue weighted by atomic mass is 10.1. The quantitative estimate of drug-likeness (QED) is 0.244. The summed E-state index contributed by atoms with van der Waals surface area (Å²) in [6, 6.07) is 3.67. The molecule has 0 aromatic heterocycles. The van der Waals surface area contributed by atoms with Gasteiger partial charge in [-0.1, -0.05) is 26.8 Å². The van der Waals surface area contributed by atoms with Crippen LogP contribution in [0.15, 0.2) is 35.5 Å². The maximum atomic E-state index is 11.2. The summed E-state index contributed by atoms with van der Waals surface area (Å²) in [5.41, 5.74) is 0.274. The van der Waals surface area contributed by atoms with Gasteiger partial charge in [-0.3, -0.25) is 4.79 Å². The summed E-state index contributed by atoms with van der Waals surface area (Å²) in [6.45, 7) is 13.9. The molecule has 28 heavy (non-hydrogen) atoms. The molecule has 0 aliphatic rings. The van der Waals surface area contributed by atoms with E-state index in [1.54, 1.807) is 13.8 Å². The number of hydrogen-bond acceptors (Lipinski definition) is 7. The third-order valence-corrected chi connectivity index (χ3v) is 3.39. The van der Waals surface area contributed by atoms with E-state index in [1.807, 2.05) is 12.1 Å². The first kappa shape index (κ1) is 27.3. The molecule has 0 atom stereocenters. The SMILES string of the molecule is CCN(CC)CC.CCOC(=O)C=C(C#N)C=CC=C(C#N)CC(=O)OCC. The van der Waals surface area contributed by atoms with Gasteiger partial charge in [0.25, 0.3) is 0 Å². The summed E-state index contributed by atoms with van der Waals surface area (Å²) < 4.78 is 9.40. The molecule has 0 aliphatic heterocycles. The van der Waals surface area contributed by atoms with Crippen LogP contribution in [-0.4, -0.2) is 49.7 Å². The second-order valence-corrected chi connectivity index (χ2v) is 5.23. The van der Waals surface area contributed by atoms with Gasteiger partial charge in [0, 0.05) is 11.6 Å². The van der Waals surface area contributed by atoms with Crippen LogP contribution in [0.3, 0.4) is 0 Å². The summed E-state index contributed by atoms with van der Waals surface area (Å²) in [4.78, 5) is 24.8. The van der Waals surface area contributed by atoms with Crippen molar-refractivity contribution in [2.75, 3.05) is 32.8 Å². The van der Waals surface area contributed by atoms with E-state index in [9.17, 15) is 9.59 Å². The first-order valence-corrected chi connectivity index (χ1v) is 9.35. The number of hydrogen-bond donors (Lipinski definition) is 0. The molecule has 0 saturated carbocycles. The van der Waals surface area contributed by atoms with Gasteiger partial charge in [-0.05, 0) is 45.6 Å². The van der Waals surface area contributed by atoms with Gasteiger partial charge >= 0.3 is 11.9 Å². The third-order valence-electron chi connectivity index (χ3n) is 3.39. The van der Waals surface area contributed by atoms with Gasteiger partial charge in [0.05, 0.1) is 37.3 Å². The van der Waals surface area contributed by atoms with Crippen LogP contribution in [0.4, 0.5) is 0 Å². The number of ether oxygens (including phenoxy) is 2. The molecule has 0 spiro atoms. The zero-order valence-corrected chi connectivity index (χ0v) is 17.5. The smallest absolute Gasteiger partial charge is 0.332 e. The van der Waals surface area contributed by atoms with E-state index in [1.165, 1.54) is 37.9 Å². The minimum Gasteiger partial charge on any atom is -0.466 e. The fourth-order valence-electron chi connectivity index (χ4n) is 1.87. The second kappa shape index (κ2) is 18.9. The second-order valence-electron chi connectivity index (χ2n) is 5.23. The number of nitrogens with zero attached hydrogens (tertiary/aromatic N) is 3. The zero-order chi connectivity index (χ0) is 21.8. The van der Waals surface area contributed by atoms with Crippen molar-refractivity contribution in [1.82, 2.24) is 4.90 Å². The van der Waals surface area contributed by atoms with Crippen molar-refractivity contribution in [2.24, 2.45) is 0 Å². The average Bonchev–Trinajstić information content (AvgIpc) is 2.68. The third kappa shape index (κ3) is 15.4. The molecule has 0 bridgehead atoms. The first-order chi connectivity index (χ1) is 13.4. The molecule has 0 rings (SSSR count). The molecule has 0 unspecified atom stereocenters. The van der Waals surface area contributed by atoms with E-state index in [0.29, 0.717) is 0 Å². The lowest BCUT2D eigenvalue weighted by molar-refractivity contribution is -0.142. The van der Waals surface area contributed by atoms with Crippen LogP contribution in [0.1, 0.15) is 41.0 Å². The van der Waals surface area contributed by atoms with E-state index >= 15 is 0 Å². The number of carbonyl (C=O) groups excluding carboxylic acids is 2. The molecule has 0 radical (unpaired) electrons. The number of allylic oxidation sites excluding steroid dienone is 4. The maximum Gasteiger partial charge on any atom is 0.332 e. The van der Waals surface area contributed by atoms with E-state index in [0.717, 1.165) is 6.08 Å². The average molecular weight is 389 g/mol. The van der Waals surface area contributed by atoms with Gasteiger partial charge in [-0.15, -0.1) is 0 Å². The van der Waals surface area contributed by atoms with Crippen molar-refractivity contribution in [3.8, 4) is 12.1 Å². The minimum absolute atomic E-state index is 0.0816. The molecule has 0 N–H and O–H groups in total. The van der Waals surface area contributed by atoms with Gasteiger partial charge in [-0.25, -0.2) is 4.79 Å². The Kier molecular flexibility index (Phi) is 18.4. The Balaban J connectivity index is 0. The van der Waals surface area contributed by atoms with E-state index < -0.39 is 11.9 Å². The van der Waals surface area contributed by atoms with Crippen molar-refractivity contribution in [1.29, 1.82) is 10.5 Å². The monoisotopic (exact) mass is 389 g/mol. The van der Waals surface area contributed by atoms with Crippen molar-refractivity contribution in [2.45, 2.75) is 41.0 Å². The summed E-state index contributed by atoms with van der Waals surface area (Å²) in [6.07, 6.45) is 5.04. The molecule has 0 fully saturated rings. The van der Waals surface area contributed by atoms with Crippen molar-refractivity contribution >= 4 is 11.9 Å². The van der Waals surface area contributed by atoms with Crippen LogP contribution in [0.2, 0.25) is 0 Å². The van der Waals surface area contributed by atoms with Gasteiger partial charge in [-0.2, -0.15) is 10.5 Å². The van der Waals surface area contributed by atoms with Gasteiger partial charge < -0.3 is 14.4 Å². The van der Waals surface area contributed by atoms with Gasteiger partial charge in [0.2, 0.25) is 0 Å². The molecule has 0 heterocycles. The molecule has 0 saturated heterocycles. The Morgan fingerprint density at radius 1 is 0.929 bits per heavy atom. The van der Waals surface area contributed by atoms with E-state index in [2.05, 4.69) is 30.4 Å². The Bertz CT molecular complexity index is 628. The van der Waals surface area contributed by atoms with Crippen LogP contribution in [0, 0.1) is 22.7 Å². The zero-order valence-electron chi connectivity index (χ0n) is 17.5. The highest BCUT2D eigenvalue weighted by Crippen LogP contribution is 2.04. The predicted octanol–water partition coefficient (Wildman–Crippen LogP) is 3.31. The van der Waals surface area contributed by atoms with Crippen LogP contribution in [0.25, 0.3) is 0 Å². The Morgan fingerprint density at radius 2 is 1.50 bits per heavy atom. The first-order valence-electron chi connectivity index (χ1n) is 9.35. The van der Waals surface area contributed by atoms with Gasteiger partial charge in [0.15, 0.2) is 0 Å². The predicted molar refractivity (Wildman–Crippen MR) is 108 cm³/mol. The normalized spacial score (nSPS) is 11.3. The molecular formula is C21H31N3O4. The number of carbonyl (C=O) groups is 2. The molecule has 0 aliphatic carbocycles. The summed E-state index contributed by atoms with van der Waals surface area (Å²) in [5, 5.41) is 17.7. The van der Waals surface area contributed by atoms with Crippen LogP contribution in [-0.2, 0) is 19.1 Å². The fourth-order valence-corrected chi connectivity index (χ4v) is 1.87. The van der Waals surface area contributed by atoms with Crippen molar-refractivity contribution in [3.63, 3.8) is 0 Å². The summed E-state index contributed by atoms with van der Waals surface area (Å²) in [5.74, 6) is -1.11. The van der Waals surface area contributed by atoms with Crippen molar-refractivity contribution in [3.05, 3.63) is 35.5 Å². The van der Waals surface area contributed by atoms with E-state index in [-0.39, 0.29) is 30.8 Å². The number of nitriles is 2. The molecule has 154 valence electrons. The summed E-state index contributed by atoms with van der Waals surface area (Å²) >= 11 is 0. The maximum absolute atomic E-state index is 11.2. The lowest BCUT2D eigenvalue weighted by Gasteiger charge is -2.13. The topological polar surface area (TPSA) is 103 Å². The summed E-state index contributed by atoms with van der Waals surface area (Å²) in [7, 11) is 0. The standard InChI is InChI=1S/C15H16N2O4.C6H15N/c1-3-20-14(18)8-12(10-16)6-5-7-13(11-17)9-15(19)21-4-2;1-4-7(5-2)6-3/h5-8H,3-4,9H2,1-2H3;4-6H2,1-3H3. The highest BCUT2D eigenvalue weighted by Gasteiger charge is 2.05. The Morgan fingerprint density at radius 3 is 1.89 bits per heavy atom. The highest BCUT2D eigenvalue weighted by atomic mass is 16.5. The molecule has 0 aromatic carbocycles. The number of rotatable bonds is 10. The Hall–Kier alpha value is -2.90. The van der Waals surface area contributed by atoms with Crippen LogP contribution in [0.5, 0.6) is 0 Å². The van der Waals surface area contributed by atoms with Crippen LogP contribution < -0.4 is 0 Å². The molecule has 0 aromatic rings. The minimum atomic E-state index is -0.616. The molecule has 7 nitrogen and oxygen atoms in total. The van der Waals surface area contributed by atoms with Crippen LogP contribution >= 0.6 is 0 Å². The largest absolute Gasteiger partial charge is 0.466 e. The number of esters is 2. The van der Waals surface area contributed by atoms with Gasteiger partial charge in [0.1, 0.15) is 0 Å². The highest BCUT2D eigenvalue weighted by molar-refractivity contribution is 5.84. The molecular weight excluding hydrogens is 358 g/mol. The lowest BCUT2D eigenvalue weighted by Crippen LogP contribution is -2.21. The molecule has 0 amide bonds.